The van der Waals surface area contributed by atoms with Crippen molar-refractivity contribution < 1.29 is 4.79 Å². The number of carbonyl (C=O) groups excluding carboxylic acids is 1. The molecule has 1 aromatic heterocycles. The number of aromatic nitrogens is 1. The van der Waals surface area contributed by atoms with Gasteiger partial charge in [-0.1, -0.05) is 31.9 Å². The normalized spacial score (nSPS) is 22.9. The van der Waals surface area contributed by atoms with E-state index in [4.69, 9.17) is 0 Å². The van der Waals surface area contributed by atoms with Crippen LogP contribution in [0.5, 0.6) is 0 Å². The second-order valence-corrected chi connectivity index (χ2v) is 6.01. The lowest BCUT2D eigenvalue weighted by atomic mass is 9.86. The molecule has 1 amide bonds. The Kier molecular flexibility index (Phi) is 3.77. The van der Waals surface area contributed by atoms with Crippen molar-refractivity contribution in [3.8, 4) is 0 Å². The molecule has 0 radical (unpaired) electrons. The predicted molar refractivity (Wildman–Crippen MR) is 81.6 cm³/mol. The Hall–Kier alpha value is -1.77. The molecule has 3 nitrogen and oxygen atoms in total. The van der Waals surface area contributed by atoms with Crippen LogP contribution in [0.15, 0.2) is 30.5 Å². The highest BCUT2D eigenvalue weighted by atomic mass is 16.1. The molecule has 1 aliphatic carbocycles. The number of fused-ring (bicyclic) bond motifs is 1. The zero-order valence-electron chi connectivity index (χ0n) is 12.0. The minimum absolute atomic E-state index is 0.148. The first-order valence-corrected chi connectivity index (χ1v) is 7.58. The minimum Gasteiger partial charge on any atom is -0.361 e. The molecule has 1 fully saturated rings. The summed E-state index contributed by atoms with van der Waals surface area (Å²) in [7, 11) is 0. The summed E-state index contributed by atoms with van der Waals surface area (Å²) in [5, 5.41) is 4.40. The summed E-state index contributed by atoms with van der Waals surface area (Å²) >= 11 is 0. The zero-order chi connectivity index (χ0) is 13.9. The Morgan fingerprint density at radius 3 is 3.00 bits per heavy atom. The number of rotatable bonds is 3. The number of hydrogen-bond donors (Lipinski definition) is 2. The van der Waals surface area contributed by atoms with E-state index in [-0.39, 0.29) is 5.91 Å². The lowest BCUT2D eigenvalue weighted by Crippen LogP contribution is -2.41. The van der Waals surface area contributed by atoms with Crippen LogP contribution in [0.2, 0.25) is 0 Å². The van der Waals surface area contributed by atoms with Crippen molar-refractivity contribution in [3.63, 3.8) is 0 Å². The molecule has 1 aromatic carbocycles. The van der Waals surface area contributed by atoms with Gasteiger partial charge >= 0.3 is 0 Å². The SMILES string of the molecule is CC1CCCCC1NC(=O)Cc1ccc2cc[nH]c2c1. The molecule has 1 aliphatic rings. The molecule has 3 rings (SSSR count). The van der Waals surface area contributed by atoms with Crippen LogP contribution in [0.1, 0.15) is 38.2 Å². The highest BCUT2D eigenvalue weighted by Gasteiger charge is 2.22. The van der Waals surface area contributed by atoms with Crippen LogP contribution < -0.4 is 5.32 Å². The summed E-state index contributed by atoms with van der Waals surface area (Å²) in [4.78, 5) is 15.4. The molecule has 2 unspecified atom stereocenters. The molecule has 0 spiro atoms. The summed E-state index contributed by atoms with van der Waals surface area (Å²) < 4.78 is 0. The molecule has 0 saturated heterocycles. The fourth-order valence-electron chi connectivity index (χ4n) is 3.18. The van der Waals surface area contributed by atoms with Crippen LogP contribution >= 0.6 is 0 Å². The molecule has 0 aliphatic heterocycles. The van der Waals surface area contributed by atoms with Gasteiger partial charge in [0.2, 0.25) is 5.91 Å². The van der Waals surface area contributed by atoms with Gasteiger partial charge in [0, 0.05) is 17.8 Å². The lowest BCUT2D eigenvalue weighted by Gasteiger charge is -2.29. The van der Waals surface area contributed by atoms with E-state index < -0.39 is 0 Å². The molecule has 1 heterocycles. The average Bonchev–Trinajstić information content (AvgIpc) is 2.89. The Morgan fingerprint density at radius 1 is 1.30 bits per heavy atom. The molecule has 2 N–H and O–H groups in total. The summed E-state index contributed by atoms with van der Waals surface area (Å²) in [6.07, 6.45) is 7.30. The maximum atomic E-state index is 12.2. The van der Waals surface area contributed by atoms with Gasteiger partial charge in [0.15, 0.2) is 0 Å². The van der Waals surface area contributed by atoms with Crippen molar-refractivity contribution in [2.24, 2.45) is 5.92 Å². The number of H-pyrrole nitrogens is 1. The maximum Gasteiger partial charge on any atom is 0.224 e. The Labute approximate surface area is 119 Å². The molecular weight excluding hydrogens is 248 g/mol. The summed E-state index contributed by atoms with van der Waals surface area (Å²) in [6, 6.07) is 8.59. The molecule has 3 heteroatoms. The van der Waals surface area contributed by atoms with Gasteiger partial charge in [-0.15, -0.1) is 0 Å². The standard InChI is InChI=1S/C17H22N2O/c1-12-4-2-3-5-15(12)19-17(20)11-13-6-7-14-8-9-18-16(14)10-13/h6-10,12,15,18H,2-5,11H2,1H3,(H,19,20). The van der Waals surface area contributed by atoms with Crippen LogP contribution in [0, 0.1) is 5.92 Å². The van der Waals surface area contributed by atoms with Crippen LogP contribution in [0.25, 0.3) is 10.9 Å². The van der Waals surface area contributed by atoms with E-state index in [2.05, 4.69) is 29.4 Å². The minimum atomic E-state index is 0.148. The third-order valence-corrected chi connectivity index (χ3v) is 4.44. The van der Waals surface area contributed by atoms with Crippen LogP contribution in [0.3, 0.4) is 0 Å². The number of benzene rings is 1. The molecular formula is C17H22N2O. The zero-order valence-corrected chi connectivity index (χ0v) is 12.0. The molecule has 1 saturated carbocycles. The highest BCUT2D eigenvalue weighted by Crippen LogP contribution is 2.23. The second kappa shape index (κ2) is 5.70. The van der Waals surface area contributed by atoms with Gasteiger partial charge in [0.25, 0.3) is 0 Å². The van der Waals surface area contributed by atoms with Crippen molar-refractivity contribution >= 4 is 16.8 Å². The van der Waals surface area contributed by atoms with E-state index in [0.29, 0.717) is 18.4 Å². The van der Waals surface area contributed by atoms with Gasteiger partial charge in [0.1, 0.15) is 0 Å². The van der Waals surface area contributed by atoms with Gasteiger partial charge in [-0.25, -0.2) is 0 Å². The smallest absolute Gasteiger partial charge is 0.224 e. The highest BCUT2D eigenvalue weighted by molar-refractivity contribution is 5.83. The van der Waals surface area contributed by atoms with E-state index in [1.54, 1.807) is 0 Å². The Morgan fingerprint density at radius 2 is 2.15 bits per heavy atom. The number of nitrogens with one attached hydrogen (secondary N) is 2. The van der Waals surface area contributed by atoms with E-state index in [1.807, 2.05) is 18.3 Å². The average molecular weight is 270 g/mol. The first-order valence-electron chi connectivity index (χ1n) is 7.58. The van der Waals surface area contributed by atoms with Crippen molar-refractivity contribution in [1.82, 2.24) is 10.3 Å². The fourth-order valence-corrected chi connectivity index (χ4v) is 3.18. The van der Waals surface area contributed by atoms with Crippen molar-refractivity contribution in [3.05, 3.63) is 36.0 Å². The Balaban J connectivity index is 1.63. The molecule has 20 heavy (non-hydrogen) atoms. The largest absolute Gasteiger partial charge is 0.361 e. The maximum absolute atomic E-state index is 12.2. The monoisotopic (exact) mass is 270 g/mol. The van der Waals surface area contributed by atoms with Crippen molar-refractivity contribution in [2.75, 3.05) is 0 Å². The van der Waals surface area contributed by atoms with Crippen LogP contribution in [0.4, 0.5) is 0 Å². The van der Waals surface area contributed by atoms with Gasteiger partial charge < -0.3 is 10.3 Å². The van der Waals surface area contributed by atoms with Gasteiger partial charge in [-0.3, -0.25) is 4.79 Å². The Bertz CT molecular complexity index is 602. The molecule has 0 bridgehead atoms. The third kappa shape index (κ3) is 2.87. The summed E-state index contributed by atoms with van der Waals surface area (Å²) in [5.41, 5.74) is 2.17. The summed E-state index contributed by atoms with van der Waals surface area (Å²) in [6.45, 7) is 2.25. The first kappa shape index (κ1) is 13.2. The second-order valence-electron chi connectivity index (χ2n) is 6.01. The van der Waals surface area contributed by atoms with Gasteiger partial charge in [-0.05, 0) is 41.8 Å². The molecule has 2 aromatic rings. The summed E-state index contributed by atoms with van der Waals surface area (Å²) in [5.74, 6) is 0.758. The van der Waals surface area contributed by atoms with Crippen LogP contribution in [-0.4, -0.2) is 16.9 Å². The molecule has 106 valence electrons. The quantitative estimate of drug-likeness (QED) is 0.882. The van der Waals surface area contributed by atoms with Crippen molar-refractivity contribution in [1.29, 1.82) is 0 Å². The predicted octanol–water partition coefficient (Wildman–Crippen LogP) is 3.41. The number of aromatic amines is 1. The van der Waals surface area contributed by atoms with E-state index >= 15 is 0 Å². The fraction of sp³-hybridized carbons (Fsp3) is 0.471. The van der Waals surface area contributed by atoms with E-state index in [0.717, 1.165) is 17.5 Å². The number of carbonyl (C=O) groups is 1. The topological polar surface area (TPSA) is 44.9 Å². The number of hydrogen-bond acceptors (Lipinski definition) is 1. The number of amides is 1. The molecule has 2 atom stereocenters. The third-order valence-electron chi connectivity index (χ3n) is 4.44. The lowest BCUT2D eigenvalue weighted by molar-refractivity contribution is -0.121. The van der Waals surface area contributed by atoms with Gasteiger partial charge in [-0.2, -0.15) is 0 Å². The first-order chi connectivity index (χ1) is 9.72. The van der Waals surface area contributed by atoms with E-state index in [1.165, 1.54) is 24.6 Å². The van der Waals surface area contributed by atoms with E-state index in [9.17, 15) is 4.79 Å². The van der Waals surface area contributed by atoms with Crippen molar-refractivity contribution in [2.45, 2.75) is 45.1 Å². The van der Waals surface area contributed by atoms with Crippen LogP contribution in [-0.2, 0) is 11.2 Å². The van der Waals surface area contributed by atoms with Gasteiger partial charge in [0.05, 0.1) is 6.42 Å².